The summed E-state index contributed by atoms with van der Waals surface area (Å²) in [5.41, 5.74) is 4.80. The van der Waals surface area contributed by atoms with Gasteiger partial charge in [-0.3, -0.25) is 4.68 Å². The molecule has 9 nitrogen and oxygen atoms in total. The molecule has 0 spiro atoms. The summed E-state index contributed by atoms with van der Waals surface area (Å²) < 4.78 is 5.51. The normalized spacial score (nSPS) is 12.8. The Morgan fingerprint density at radius 1 is 1.08 bits per heavy atom. The molecule has 0 saturated carbocycles. The largest absolute Gasteiger partial charge is 0.307 e. The molecular formula is C17H15N9. The summed E-state index contributed by atoms with van der Waals surface area (Å²) in [4.78, 5) is 13.4. The van der Waals surface area contributed by atoms with Gasteiger partial charge in [-0.1, -0.05) is 11.3 Å². The van der Waals surface area contributed by atoms with Crippen LogP contribution in [0.25, 0.3) is 28.2 Å². The van der Waals surface area contributed by atoms with Gasteiger partial charge in [0, 0.05) is 37.4 Å². The molecule has 0 fully saturated rings. The van der Waals surface area contributed by atoms with Crippen LogP contribution in [0, 0.1) is 0 Å². The summed E-state index contributed by atoms with van der Waals surface area (Å²) in [6.45, 7) is 2.06. The van der Waals surface area contributed by atoms with Crippen molar-refractivity contribution in [3.05, 3.63) is 54.9 Å². The molecule has 0 aliphatic rings. The smallest absolute Gasteiger partial charge is 0.221 e. The van der Waals surface area contributed by atoms with Crippen LogP contribution in [0.15, 0.2) is 49.3 Å². The molecule has 9 heteroatoms. The van der Waals surface area contributed by atoms with E-state index in [1.165, 1.54) is 0 Å². The first-order valence-electron chi connectivity index (χ1n) is 8.18. The molecule has 0 amide bonds. The Hall–Kier alpha value is -3.62. The van der Waals surface area contributed by atoms with Crippen LogP contribution in [0.5, 0.6) is 0 Å². The second-order valence-corrected chi connectivity index (χ2v) is 6.17. The second kappa shape index (κ2) is 5.45. The lowest BCUT2D eigenvalue weighted by Gasteiger charge is -2.12. The Morgan fingerprint density at radius 2 is 2.00 bits per heavy atom. The Kier molecular flexibility index (Phi) is 3.08. The van der Waals surface area contributed by atoms with Gasteiger partial charge in [-0.2, -0.15) is 5.10 Å². The summed E-state index contributed by atoms with van der Waals surface area (Å²) in [5.74, 6) is 0. The predicted molar refractivity (Wildman–Crippen MR) is 94.3 cm³/mol. The topological polar surface area (TPSA) is 91.6 Å². The molecule has 0 aliphatic heterocycles. The number of nitrogens with zero attached hydrogens (tertiary/aromatic N) is 9. The molecule has 128 valence electrons. The lowest BCUT2D eigenvalue weighted by molar-refractivity contribution is 0.554. The third kappa shape index (κ3) is 2.25. The fourth-order valence-electron chi connectivity index (χ4n) is 3.01. The number of aromatic nitrogens is 9. The fraction of sp³-hybridized carbons (Fsp3) is 0.176. The van der Waals surface area contributed by atoms with Crippen molar-refractivity contribution in [2.45, 2.75) is 13.0 Å². The SMILES string of the molecule is CC(c1ccc2nccn2c1)n1nnc2ncc(-c3cnn(C)c3)nc21. The molecule has 1 unspecified atom stereocenters. The van der Waals surface area contributed by atoms with E-state index in [2.05, 4.69) is 32.3 Å². The lowest BCUT2D eigenvalue weighted by atomic mass is 10.1. The first-order valence-corrected chi connectivity index (χ1v) is 8.18. The van der Waals surface area contributed by atoms with E-state index in [9.17, 15) is 0 Å². The van der Waals surface area contributed by atoms with Crippen molar-refractivity contribution >= 4 is 16.9 Å². The summed E-state index contributed by atoms with van der Waals surface area (Å²) in [6.07, 6.45) is 11.1. The van der Waals surface area contributed by atoms with Gasteiger partial charge in [0.1, 0.15) is 5.65 Å². The number of aryl methyl sites for hydroxylation is 1. The minimum atomic E-state index is -0.0507. The third-order valence-corrected chi connectivity index (χ3v) is 4.45. The Bertz CT molecular complexity index is 1230. The highest BCUT2D eigenvalue weighted by Gasteiger charge is 2.17. The molecule has 0 aliphatic carbocycles. The summed E-state index contributed by atoms with van der Waals surface area (Å²) in [5, 5.41) is 12.6. The van der Waals surface area contributed by atoms with Gasteiger partial charge < -0.3 is 4.40 Å². The fourth-order valence-corrected chi connectivity index (χ4v) is 3.01. The summed E-state index contributed by atoms with van der Waals surface area (Å²) in [6, 6.07) is 3.97. The highest BCUT2D eigenvalue weighted by atomic mass is 15.5. The van der Waals surface area contributed by atoms with E-state index in [4.69, 9.17) is 4.98 Å². The number of fused-ring (bicyclic) bond motifs is 2. The Labute approximate surface area is 148 Å². The van der Waals surface area contributed by atoms with Crippen LogP contribution in [0.3, 0.4) is 0 Å². The van der Waals surface area contributed by atoms with Gasteiger partial charge in [-0.05, 0) is 18.6 Å². The zero-order valence-electron chi connectivity index (χ0n) is 14.2. The Balaban J connectivity index is 1.61. The van der Waals surface area contributed by atoms with Gasteiger partial charge in [0.25, 0.3) is 0 Å². The van der Waals surface area contributed by atoms with Gasteiger partial charge in [0.2, 0.25) is 5.65 Å². The van der Waals surface area contributed by atoms with Gasteiger partial charge >= 0.3 is 0 Å². The minimum Gasteiger partial charge on any atom is -0.307 e. The van der Waals surface area contributed by atoms with E-state index >= 15 is 0 Å². The van der Waals surface area contributed by atoms with Gasteiger partial charge in [-0.25, -0.2) is 19.6 Å². The van der Waals surface area contributed by atoms with E-state index < -0.39 is 0 Å². The van der Waals surface area contributed by atoms with Crippen LogP contribution in [-0.2, 0) is 7.05 Å². The van der Waals surface area contributed by atoms with E-state index in [0.29, 0.717) is 11.3 Å². The summed E-state index contributed by atoms with van der Waals surface area (Å²) >= 11 is 0. The minimum absolute atomic E-state index is 0.0507. The van der Waals surface area contributed by atoms with Crippen LogP contribution in [-0.4, -0.2) is 44.1 Å². The van der Waals surface area contributed by atoms with Crippen molar-refractivity contribution < 1.29 is 0 Å². The Morgan fingerprint density at radius 3 is 2.85 bits per heavy atom. The van der Waals surface area contributed by atoms with Gasteiger partial charge in [0.15, 0.2) is 5.65 Å². The average molecular weight is 345 g/mol. The van der Waals surface area contributed by atoms with Crippen LogP contribution < -0.4 is 0 Å². The van der Waals surface area contributed by atoms with Crippen molar-refractivity contribution in [1.29, 1.82) is 0 Å². The van der Waals surface area contributed by atoms with Gasteiger partial charge in [-0.15, -0.1) is 5.10 Å². The first kappa shape index (κ1) is 14.7. The monoisotopic (exact) mass is 345 g/mol. The quantitative estimate of drug-likeness (QED) is 0.496. The number of imidazole rings is 1. The standard InChI is InChI=1S/C17H15N9/c1-11(12-3-4-15-18-5-6-25(15)10-12)26-17-16(22-23-26)19-8-14(21-17)13-7-20-24(2)9-13/h3-11H,1-2H3. The predicted octanol–water partition coefficient (Wildman–Crippen LogP) is 1.88. The van der Waals surface area contributed by atoms with Gasteiger partial charge in [0.05, 0.1) is 24.1 Å². The maximum atomic E-state index is 4.72. The van der Waals surface area contributed by atoms with Crippen LogP contribution >= 0.6 is 0 Å². The molecule has 0 saturated heterocycles. The zero-order chi connectivity index (χ0) is 17.7. The van der Waals surface area contributed by atoms with Crippen LogP contribution in [0.4, 0.5) is 0 Å². The average Bonchev–Trinajstić information content (AvgIpc) is 3.38. The molecule has 1 atom stereocenters. The maximum absolute atomic E-state index is 4.72. The molecule has 0 N–H and O–H groups in total. The third-order valence-electron chi connectivity index (χ3n) is 4.45. The number of hydrogen-bond donors (Lipinski definition) is 0. The first-order chi connectivity index (χ1) is 12.7. The van der Waals surface area contributed by atoms with Crippen molar-refractivity contribution in [3.63, 3.8) is 0 Å². The number of pyridine rings is 1. The molecule has 5 rings (SSSR count). The zero-order valence-corrected chi connectivity index (χ0v) is 14.2. The molecule has 0 aromatic carbocycles. The van der Waals surface area contributed by atoms with Crippen LogP contribution in [0.2, 0.25) is 0 Å². The van der Waals surface area contributed by atoms with E-state index in [1.54, 1.807) is 28.0 Å². The lowest BCUT2D eigenvalue weighted by Crippen LogP contribution is -2.10. The molecule has 5 aromatic heterocycles. The van der Waals surface area contributed by atoms with Crippen LogP contribution in [0.1, 0.15) is 18.5 Å². The highest BCUT2D eigenvalue weighted by Crippen LogP contribution is 2.23. The van der Waals surface area contributed by atoms with Crippen molar-refractivity contribution in [1.82, 2.24) is 44.1 Å². The molecular weight excluding hydrogens is 330 g/mol. The maximum Gasteiger partial charge on any atom is 0.221 e. The van der Waals surface area contributed by atoms with Crippen molar-refractivity contribution in [2.75, 3.05) is 0 Å². The molecule has 26 heavy (non-hydrogen) atoms. The van der Waals surface area contributed by atoms with Crippen molar-refractivity contribution in [3.8, 4) is 11.3 Å². The molecule has 5 aromatic rings. The van der Waals surface area contributed by atoms with E-state index in [-0.39, 0.29) is 6.04 Å². The number of hydrogen-bond acceptors (Lipinski definition) is 6. The second-order valence-electron chi connectivity index (χ2n) is 6.17. The molecule has 0 bridgehead atoms. The number of rotatable bonds is 3. The highest BCUT2D eigenvalue weighted by molar-refractivity contribution is 5.69. The van der Waals surface area contributed by atoms with E-state index in [0.717, 1.165) is 22.5 Å². The van der Waals surface area contributed by atoms with E-state index in [1.807, 2.05) is 42.2 Å². The molecule has 5 heterocycles. The molecule has 0 radical (unpaired) electrons. The summed E-state index contributed by atoms with van der Waals surface area (Å²) in [7, 11) is 1.87. The van der Waals surface area contributed by atoms with Crippen molar-refractivity contribution in [2.24, 2.45) is 7.05 Å².